The molecule has 0 aromatic heterocycles. The molecule has 0 radical (unpaired) electrons. The van der Waals surface area contributed by atoms with Crippen LogP contribution < -0.4 is 5.73 Å². The highest BCUT2D eigenvalue weighted by molar-refractivity contribution is 7.86. The first-order chi connectivity index (χ1) is 15.6. The number of hydrogen-bond acceptors (Lipinski definition) is 8. The predicted octanol–water partition coefficient (Wildman–Crippen LogP) is 1.98. The van der Waals surface area contributed by atoms with Crippen molar-refractivity contribution in [2.45, 2.75) is 25.1 Å². The van der Waals surface area contributed by atoms with Crippen molar-refractivity contribution in [3.8, 4) is 0 Å². The van der Waals surface area contributed by atoms with Gasteiger partial charge in [-0.1, -0.05) is 61.5 Å². The van der Waals surface area contributed by atoms with E-state index in [0.717, 1.165) is 0 Å². The van der Waals surface area contributed by atoms with Gasteiger partial charge in [-0.3, -0.25) is 4.79 Å². The number of nitrogens with two attached hydrogens (primary N) is 1. The standard InChI is InChI=1S/C19H19NO5S.CO2/c1-2-13-8-10-15(11-9-13)17-16(21)18(19(20)24-17)25-26(22,23)12-14-6-4-3-5-7-14;2-1-3/h3-11,17H,2,12,20H2,1H3;/t17-;/m1./s1/i2D2,12D2,17D;. The second kappa shape index (κ2) is 9.68. The first kappa shape index (κ1) is 15.5. The topological polar surface area (TPSA) is 130 Å². The third-order valence-corrected chi connectivity index (χ3v) is 4.37. The molecule has 2 N–H and O–H groups in total. The first-order valence-electron chi connectivity index (χ1n) is 10.4. The van der Waals surface area contributed by atoms with E-state index in [1.807, 2.05) is 0 Å². The smallest absolute Gasteiger partial charge is 0.373 e. The number of aryl methyl sites for hydroxylation is 1. The van der Waals surface area contributed by atoms with Crippen molar-refractivity contribution in [3.63, 3.8) is 0 Å². The van der Waals surface area contributed by atoms with E-state index in [2.05, 4.69) is 0 Å². The summed E-state index contributed by atoms with van der Waals surface area (Å²) in [7, 11) is -5.06. The van der Waals surface area contributed by atoms with Crippen LogP contribution >= 0.6 is 0 Å². The van der Waals surface area contributed by atoms with Crippen LogP contribution in [-0.4, -0.2) is 20.4 Å². The Hall–Kier alpha value is -3.42. The van der Waals surface area contributed by atoms with Gasteiger partial charge in [0, 0.05) is 8.30 Å². The van der Waals surface area contributed by atoms with Crippen molar-refractivity contribution < 1.29 is 38.6 Å². The zero-order valence-corrected chi connectivity index (χ0v) is 15.9. The summed E-state index contributed by atoms with van der Waals surface area (Å²) in [4.78, 5) is 29.1. The Balaban J connectivity index is 0.00000129. The number of ether oxygens (including phenoxy) is 1. The van der Waals surface area contributed by atoms with E-state index in [9.17, 15) is 13.2 Å². The predicted molar refractivity (Wildman–Crippen MR) is 101 cm³/mol. The molecule has 1 heterocycles. The van der Waals surface area contributed by atoms with Crippen molar-refractivity contribution in [3.05, 3.63) is 82.9 Å². The Morgan fingerprint density at radius 3 is 2.28 bits per heavy atom. The lowest BCUT2D eigenvalue weighted by molar-refractivity contribution is -0.191. The van der Waals surface area contributed by atoms with Crippen LogP contribution in [0.3, 0.4) is 0 Å². The molecule has 2 aromatic rings. The van der Waals surface area contributed by atoms with Gasteiger partial charge in [-0.15, -0.1) is 0 Å². The summed E-state index contributed by atoms with van der Waals surface area (Å²) in [6.45, 7) is 1.34. The fourth-order valence-corrected chi connectivity index (χ4v) is 3.10. The summed E-state index contributed by atoms with van der Waals surface area (Å²) in [6.07, 6.45) is -3.87. The summed E-state index contributed by atoms with van der Waals surface area (Å²) < 4.78 is 74.8. The van der Waals surface area contributed by atoms with E-state index in [-0.39, 0.29) is 17.3 Å². The maximum atomic E-state index is 12.8. The number of rotatable bonds is 6. The summed E-state index contributed by atoms with van der Waals surface area (Å²) >= 11 is 0. The summed E-state index contributed by atoms with van der Waals surface area (Å²) in [5.41, 5.74) is 2.65. The molecule has 0 bridgehead atoms. The second-order valence-electron chi connectivity index (χ2n) is 5.37. The molecule has 0 amide bonds. The third kappa shape index (κ3) is 5.78. The quantitative estimate of drug-likeness (QED) is 0.700. The molecule has 1 aliphatic rings. The molecule has 0 spiro atoms. The fourth-order valence-electron chi connectivity index (χ4n) is 2.26. The molecule has 2 aromatic carbocycles. The van der Waals surface area contributed by atoms with Gasteiger partial charge in [-0.05, 0) is 17.5 Å². The molecule has 0 saturated heterocycles. The number of benzene rings is 2. The van der Waals surface area contributed by atoms with Gasteiger partial charge in [-0.2, -0.15) is 18.0 Å². The second-order valence-corrected chi connectivity index (χ2v) is 6.65. The van der Waals surface area contributed by atoms with Crippen LogP contribution in [0.1, 0.15) is 36.5 Å². The fraction of sp³-hybridized carbons (Fsp3) is 0.200. The van der Waals surface area contributed by atoms with Crippen LogP contribution in [0.25, 0.3) is 0 Å². The molecule has 152 valence electrons. The van der Waals surface area contributed by atoms with Gasteiger partial charge in [0.25, 0.3) is 0 Å². The normalized spacial score (nSPS) is 21.8. The van der Waals surface area contributed by atoms with E-state index in [1.165, 1.54) is 55.5 Å². The van der Waals surface area contributed by atoms with Crippen molar-refractivity contribution in [1.82, 2.24) is 0 Å². The van der Waals surface area contributed by atoms with Gasteiger partial charge >= 0.3 is 16.3 Å². The number of carbonyl (C=O) groups excluding carboxylic acids is 3. The van der Waals surface area contributed by atoms with Crippen LogP contribution in [-0.2, 0) is 45.5 Å². The molecule has 0 unspecified atom stereocenters. The monoisotopic (exact) mass is 422 g/mol. The minimum Gasteiger partial charge on any atom is -0.460 e. The van der Waals surface area contributed by atoms with Crippen molar-refractivity contribution in [2.24, 2.45) is 5.73 Å². The minimum absolute atomic E-state index is 0.0319. The van der Waals surface area contributed by atoms with Crippen molar-refractivity contribution in [2.75, 3.05) is 0 Å². The van der Waals surface area contributed by atoms with Crippen LogP contribution in [0.15, 0.2) is 66.2 Å². The third-order valence-electron chi connectivity index (χ3n) is 3.49. The zero-order valence-electron chi connectivity index (χ0n) is 20.0. The lowest BCUT2D eigenvalue weighted by Crippen LogP contribution is -2.16. The number of carbonyl (C=O) groups is 1. The molecule has 1 atom stereocenters. The lowest BCUT2D eigenvalue weighted by Gasteiger charge is -2.10. The van der Waals surface area contributed by atoms with Crippen LogP contribution in [0.4, 0.5) is 0 Å². The molecule has 9 heteroatoms. The number of Topliss-reactive ketones (excluding diaryl/α,β-unsaturated/α-hetero) is 1. The molecule has 0 aliphatic carbocycles. The Morgan fingerprint density at radius 2 is 1.72 bits per heavy atom. The highest BCUT2D eigenvalue weighted by atomic mass is 32.2. The van der Waals surface area contributed by atoms with Crippen LogP contribution in [0.2, 0.25) is 0 Å². The van der Waals surface area contributed by atoms with E-state index in [0.29, 0.717) is 5.56 Å². The van der Waals surface area contributed by atoms with E-state index in [4.69, 9.17) is 31.1 Å². The molecule has 29 heavy (non-hydrogen) atoms. The zero-order chi connectivity index (χ0) is 25.9. The number of hydrogen-bond donors (Lipinski definition) is 1. The van der Waals surface area contributed by atoms with Crippen LogP contribution in [0.5, 0.6) is 0 Å². The van der Waals surface area contributed by atoms with Gasteiger partial charge < -0.3 is 14.7 Å². The highest BCUT2D eigenvalue weighted by Crippen LogP contribution is 2.32. The SMILES string of the molecule is O=C=O.[2H]C([2H])(C)c1ccc([C@@]2([2H])OC(N)=C(OS(=O)(=O)C([2H])([2H])c3ccccc3)C2=O)cc1. The van der Waals surface area contributed by atoms with Crippen molar-refractivity contribution >= 4 is 22.1 Å². The van der Waals surface area contributed by atoms with Gasteiger partial charge in [0.05, 0.1) is 4.11 Å². The minimum atomic E-state index is -5.06. The summed E-state index contributed by atoms with van der Waals surface area (Å²) in [5.74, 6) is -3.00. The van der Waals surface area contributed by atoms with Gasteiger partial charge in [0.1, 0.15) is 5.70 Å². The van der Waals surface area contributed by atoms with Gasteiger partial charge in [0.2, 0.25) is 17.4 Å². The molecular formula is C20H19NO7S. The molecular weight excluding hydrogens is 398 g/mol. The maximum Gasteiger partial charge on any atom is 0.373 e. The highest BCUT2D eigenvalue weighted by Gasteiger charge is 2.39. The van der Waals surface area contributed by atoms with Crippen LogP contribution in [0, 0.1) is 0 Å². The maximum absolute atomic E-state index is 12.8. The van der Waals surface area contributed by atoms with Gasteiger partial charge in [0.15, 0.2) is 6.08 Å². The van der Waals surface area contributed by atoms with Gasteiger partial charge in [-0.25, -0.2) is 0 Å². The Morgan fingerprint density at radius 1 is 1.14 bits per heavy atom. The van der Waals surface area contributed by atoms with E-state index >= 15 is 0 Å². The summed E-state index contributed by atoms with van der Waals surface area (Å²) in [6, 6.07) is 12.2. The largest absolute Gasteiger partial charge is 0.460 e. The average Bonchev–Trinajstić information content (AvgIpc) is 2.98. The summed E-state index contributed by atoms with van der Waals surface area (Å²) in [5, 5.41) is 0. The molecule has 0 fully saturated rings. The van der Waals surface area contributed by atoms with Crippen molar-refractivity contribution in [1.29, 1.82) is 0 Å². The Bertz CT molecular complexity index is 1240. The molecule has 8 nitrogen and oxygen atoms in total. The average molecular weight is 422 g/mol. The molecule has 0 saturated carbocycles. The molecule has 3 rings (SSSR count). The lowest BCUT2D eigenvalue weighted by atomic mass is 10.0. The Labute approximate surface area is 175 Å². The Kier molecular flexibility index (Phi) is 5.17. The number of ketones is 1. The first-order valence-corrected chi connectivity index (χ1v) is 9.36. The van der Waals surface area contributed by atoms with E-state index < -0.39 is 45.7 Å². The van der Waals surface area contributed by atoms with E-state index in [1.54, 1.807) is 6.07 Å². The molecule has 1 aliphatic heterocycles.